The van der Waals surface area contributed by atoms with Gasteiger partial charge in [-0.05, 0) is 0 Å². The molecule has 0 unspecified atom stereocenters. The fourth-order valence-electron chi connectivity index (χ4n) is 0.284. The molecule has 0 bridgehead atoms. The Hall–Kier alpha value is 1.70. The van der Waals surface area contributed by atoms with E-state index in [2.05, 4.69) is 8.62 Å². The fourth-order valence-corrected chi connectivity index (χ4v) is 2.82. The summed E-state index contributed by atoms with van der Waals surface area (Å²) in [6, 6.07) is 0. The Morgan fingerprint density at radius 1 is 0.733 bits per heavy atom. The van der Waals surface area contributed by atoms with Crippen LogP contribution in [0.4, 0.5) is 0 Å². The second-order valence-corrected chi connectivity index (χ2v) is 5.82. The van der Waals surface area contributed by atoms with Gasteiger partial charge in [0.25, 0.3) is 0 Å². The minimum absolute atomic E-state index is 0. The van der Waals surface area contributed by atoms with E-state index in [9.17, 15) is 13.7 Å². The molecule has 15 heavy (non-hydrogen) atoms. The van der Waals surface area contributed by atoms with Gasteiger partial charge in [-0.1, -0.05) is 0 Å². The quantitative estimate of drug-likeness (QED) is 0.248. The molecule has 0 aromatic heterocycles. The summed E-state index contributed by atoms with van der Waals surface area (Å²) in [6.45, 7) is 0. The molecule has 88 valence electrons. The minimum Gasteiger partial charge on any atom is -1.00 e. The first-order valence-corrected chi connectivity index (χ1v) is 6.83. The van der Waals surface area contributed by atoms with Crippen molar-refractivity contribution in [2.45, 2.75) is 0 Å². The number of phosphoric acid groups is 3. The number of hydrogen-bond acceptors (Lipinski definition) is 5. The van der Waals surface area contributed by atoms with Crippen LogP contribution in [0.3, 0.4) is 0 Å². The smallest absolute Gasteiger partial charge is 1.00 e. The molecule has 0 rings (SSSR count). The summed E-state index contributed by atoms with van der Waals surface area (Å²) in [5.41, 5.74) is 0. The summed E-state index contributed by atoms with van der Waals surface area (Å²) < 4.78 is 36.4. The molecule has 5 N–H and O–H groups in total. The van der Waals surface area contributed by atoms with Gasteiger partial charge in [0.2, 0.25) is 0 Å². The maximum Gasteiger partial charge on any atom is 1.00 e. The van der Waals surface area contributed by atoms with Crippen LogP contribution < -0.4 is 42.0 Å². The third-order valence-corrected chi connectivity index (χ3v) is 3.77. The van der Waals surface area contributed by atoms with Gasteiger partial charge in [0.15, 0.2) is 0 Å². The summed E-state index contributed by atoms with van der Waals surface area (Å²) >= 11 is 0. The molecule has 0 aliphatic heterocycles. The van der Waals surface area contributed by atoms with Gasteiger partial charge < -0.3 is 36.9 Å². The molecule has 0 spiro atoms. The Morgan fingerprint density at radius 3 is 1.07 bits per heavy atom. The minimum atomic E-state index is -5.46. The molecule has 0 atom stereocenters. The van der Waals surface area contributed by atoms with Crippen LogP contribution in [-0.2, 0) is 22.3 Å². The third kappa shape index (κ3) is 15.7. The first-order chi connectivity index (χ1) is 5.41. The van der Waals surface area contributed by atoms with E-state index in [1.54, 1.807) is 0 Å². The largest absolute Gasteiger partial charge is 1.00 e. The topological polar surface area (TPSA) is 171 Å². The molecule has 0 amide bonds. The second-order valence-electron chi connectivity index (χ2n) is 1.61. The Balaban J connectivity index is -0.000000720. The van der Waals surface area contributed by atoms with Crippen LogP contribution in [0, 0.1) is 0 Å². The zero-order chi connectivity index (χ0) is 10.9. The van der Waals surface area contributed by atoms with Gasteiger partial charge in [-0.3, -0.25) is 0 Å². The van der Waals surface area contributed by atoms with Gasteiger partial charge in [-0.15, -0.1) is 0 Å². The van der Waals surface area contributed by atoms with Crippen LogP contribution in [0.2, 0.25) is 0 Å². The maximum atomic E-state index is 10.4. The van der Waals surface area contributed by atoms with Crippen molar-refractivity contribution in [1.29, 1.82) is 0 Å². The van der Waals surface area contributed by atoms with Gasteiger partial charge in [-0.2, -0.15) is 8.62 Å². The summed E-state index contributed by atoms with van der Waals surface area (Å²) in [5, 5.41) is 0. The monoisotopic (exact) mass is 316 g/mol. The molecule has 0 fully saturated rings. The van der Waals surface area contributed by atoms with Crippen molar-refractivity contribution >= 4 is 23.5 Å². The van der Waals surface area contributed by atoms with Crippen LogP contribution in [0.1, 0.15) is 0 Å². The fraction of sp³-hybridized carbons (Fsp3) is 0. The zero-order valence-corrected chi connectivity index (χ0v) is 12.4. The van der Waals surface area contributed by atoms with E-state index >= 15 is 0 Å². The predicted octanol–water partition coefficient (Wildman–Crippen LogP) is -6.69. The van der Waals surface area contributed by atoms with Crippen LogP contribution in [-0.4, -0.2) is 24.5 Å². The average Bonchev–Trinajstić information content (AvgIpc) is 1.43. The van der Waals surface area contributed by atoms with E-state index in [-0.39, 0.29) is 42.0 Å². The van der Waals surface area contributed by atoms with Gasteiger partial charge >= 0.3 is 53.0 Å². The molecule has 10 nitrogen and oxygen atoms in total. The number of hydrogen-bond donors (Lipinski definition) is 5. The van der Waals surface area contributed by atoms with Gasteiger partial charge in [0, 0.05) is 0 Å². The van der Waals surface area contributed by atoms with Crippen molar-refractivity contribution in [3.05, 3.63) is 0 Å². The van der Waals surface area contributed by atoms with Crippen LogP contribution >= 0.6 is 23.5 Å². The summed E-state index contributed by atoms with van der Waals surface area (Å²) in [4.78, 5) is 40.2. The first-order valence-electron chi connectivity index (χ1n) is 2.28. The van der Waals surface area contributed by atoms with E-state index < -0.39 is 23.5 Å². The number of rotatable bonds is 4. The molecule has 0 saturated carbocycles. The van der Waals surface area contributed by atoms with E-state index in [0.29, 0.717) is 0 Å². The molecule has 0 aromatic carbocycles. The zero-order valence-electron chi connectivity index (χ0n) is 7.00. The number of halogens is 1. The maximum absolute atomic E-state index is 10.4. The van der Waals surface area contributed by atoms with E-state index in [1.165, 1.54) is 0 Å². The SMILES string of the molecule is O=P(O)(O)OP(=O)(O)OP(=O)(O)O.[Cl-].[Na+]. The van der Waals surface area contributed by atoms with E-state index in [4.69, 9.17) is 24.5 Å². The Bertz CT molecular complexity index is 283. The molecule has 0 aliphatic rings. The second kappa shape index (κ2) is 7.20. The van der Waals surface area contributed by atoms with Gasteiger partial charge in [-0.25, -0.2) is 13.7 Å². The van der Waals surface area contributed by atoms with Crippen LogP contribution in [0.15, 0.2) is 0 Å². The molecule has 0 aliphatic carbocycles. The molecular formula is H5ClNaO10P3. The van der Waals surface area contributed by atoms with Crippen molar-refractivity contribution in [1.82, 2.24) is 0 Å². The average molecular weight is 316 g/mol. The first kappa shape index (κ1) is 21.9. The van der Waals surface area contributed by atoms with Crippen molar-refractivity contribution < 1.29 is 88.7 Å². The molecule has 0 heterocycles. The van der Waals surface area contributed by atoms with Crippen molar-refractivity contribution in [3.63, 3.8) is 0 Å². The van der Waals surface area contributed by atoms with Crippen molar-refractivity contribution in [2.75, 3.05) is 0 Å². The van der Waals surface area contributed by atoms with Gasteiger partial charge in [0.05, 0.1) is 0 Å². The van der Waals surface area contributed by atoms with Crippen LogP contribution in [0.25, 0.3) is 0 Å². The standard InChI is InChI=1S/ClH.Na.H5O10P3/c;;1-11(2,3)9-13(7,8)10-12(4,5)6/h1H;;(H,7,8)(H2,1,2,3)(H2,4,5,6)/q;+1;/p-1. The molecular weight excluding hydrogens is 311 g/mol. The molecule has 15 heteroatoms. The normalized spacial score (nSPS) is 12.6. The summed E-state index contributed by atoms with van der Waals surface area (Å²) in [6.07, 6.45) is 0. The summed E-state index contributed by atoms with van der Waals surface area (Å²) in [7, 11) is -16.2. The Kier molecular flexibility index (Phi) is 10.5. The molecule has 0 radical (unpaired) electrons. The summed E-state index contributed by atoms with van der Waals surface area (Å²) in [5.74, 6) is 0. The Labute approximate surface area is 112 Å². The Morgan fingerprint density at radius 2 is 0.933 bits per heavy atom. The van der Waals surface area contributed by atoms with Gasteiger partial charge in [0.1, 0.15) is 0 Å². The molecule has 0 saturated heterocycles. The predicted molar refractivity (Wildman–Crippen MR) is 36.1 cm³/mol. The van der Waals surface area contributed by atoms with E-state index in [1.807, 2.05) is 0 Å². The van der Waals surface area contributed by atoms with Crippen LogP contribution in [0.5, 0.6) is 0 Å². The van der Waals surface area contributed by atoms with Crippen molar-refractivity contribution in [3.8, 4) is 0 Å². The van der Waals surface area contributed by atoms with Crippen molar-refractivity contribution in [2.24, 2.45) is 0 Å². The molecule has 0 aromatic rings. The third-order valence-electron chi connectivity index (χ3n) is 0.419. The van der Waals surface area contributed by atoms with E-state index in [0.717, 1.165) is 0 Å².